The van der Waals surface area contributed by atoms with Crippen LogP contribution in [0.15, 0.2) is 89.0 Å². The van der Waals surface area contributed by atoms with Gasteiger partial charge in [-0.3, -0.25) is 4.79 Å². The van der Waals surface area contributed by atoms with E-state index < -0.39 is 24.2 Å². The molecule has 0 fully saturated rings. The van der Waals surface area contributed by atoms with Crippen LogP contribution < -0.4 is 10.1 Å². The van der Waals surface area contributed by atoms with Gasteiger partial charge in [-0.05, 0) is 46.5 Å². The number of hydrogen-bond donors (Lipinski definition) is 2. The van der Waals surface area contributed by atoms with Gasteiger partial charge in [0.05, 0.1) is 13.2 Å². The molecule has 0 spiro atoms. The van der Waals surface area contributed by atoms with Crippen LogP contribution in [-0.2, 0) is 22.5 Å². The molecule has 0 aromatic heterocycles. The summed E-state index contributed by atoms with van der Waals surface area (Å²) in [6, 6.07) is 23.8. The number of aliphatic imine (C=N–C) groups is 1. The van der Waals surface area contributed by atoms with E-state index in [1.165, 1.54) is 0 Å². The maximum absolute atomic E-state index is 13.8. The van der Waals surface area contributed by atoms with Gasteiger partial charge in [0.15, 0.2) is 11.6 Å². The molecule has 0 saturated heterocycles. The van der Waals surface area contributed by atoms with E-state index in [0.29, 0.717) is 35.5 Å². The van der Waals surface area contributed by atoms with Crippen LogP contribution in [0.1, 0.15) is 34.8 Å². The van der Waals surface area contributed by atoms with Crippen LogP contribution in [0.2, 0.25) is 0 Å². The fraction of sp³-hybridized carbons (Fsp3) is 0.310. The van der Waals surface area contributed by atoms with Crippen molar-refractivity contribution >= 4 is 11.8 Å². The quantitative estimate of drug-likeness (QED) is 0.141. The number of carbonyl (C=O) groups excluding carboxylic acids is 1. The lowest BCUT2D eigenvalue weighted by Gasteiger charge is -2.31. The van der Waals surface area contributed by atoms with Gasteiger partial charge in [-0.2, -0.15) is 0 Å². The number of carbonyl (C=O) groups is 1. The van der Waals surface area contributed by atoms with Crippen molar-refractivity contribution < 1.29 is 23.8 Å². The molecular weight excluding hydrogens is 501 g/mol. The second kappa shape index (κ2) is 13.4. The standard InChI is InChI=1S/C29H30FN5O4/c30-15-16-32-28(37)29(19-21-7-2-1-3-8-21)26(25-10-5-4-9-23(25)20-33-35-31)39-27(34-29)22-11-13-24(14-12-22)38-18-6-17-36/h1-5,7-14,26,36H,6,15-20H2,(H,32,37)/t26-,29-/m1/s1. The second-order valence-electron chi connectivity index (χ2n) is 8.98. The van der Waals surface area contributed by atoms with Gasteiger partial charge >= 0.3 is 0 Å². The number of rotatable bonds is 13. The number of aliphatic hydroxyl groups excluding tert-OH is 1. The molecule has 10 heteroatoms. The Morgan fingerprint density at radius 3 is 2.59 bits per heavy atom. The third-order valence-electron chi connectivity index (χ3n) is 6.37. The fourth-order valence-corrected chi connectivity index (χ4v) is 4.52. The number of benzene rings is 3. The van der Waals surface area contributed by atoms with Gasteiger partial charge in [0.2, 0.25) is 5.90 Å². The van der Waals surface area contributed by atoms with Crippen LogP contribution in [0, 0.1) is 0 Å². The average Bonchev–Trinajstić information content (AvgIpc) is 3.36. The predicted molar refractivity (Wildman–Crippen MR) is 145 cm³/mol. The monoisotopic (exact) mass is 531 g/mol. The zero-order chi connectivity index (χ0) is 27.5. The summed E-state index contributed by atoms with van der Waals surface area (Å²) < 4.78 is 25.3. The minimum Gasteiger partial charge on any atom is -0.494 e. The van der Waals surface area contributed by atoms with Gasteiger partial charge in [-0.25, -0.2) is 9.38 Å². The van der Waals surface area contributed by atoms with Gasteiger partial charge in [0.1, 0.15) is 12.4 Å². The lowest BCUT2D eigenvalue weighted by Crippen LogP contribution is -2.50. The molecule has 0 saturated carbocycles. The Morgan fingerprint density at radius 2 is 1.87 bits per heavy atom. The van der Waals surface area contributed by atoms with Gasteiger partial charge in [0.25, 0.3) is 5.91 Å². The largest absolute Gasteiger partial charge is 0.494 e. The minimum atomic E-state index is -1.46. The molecule has 4 rings (SSSR count). The number of nitrogens with one attached hydrogen (secondary N) is 1. The number of hydrogen-bond acceptors (Lipinski definition) is 6. The van der Waals surface area contributed by atoms with Crippen molar-refractivity contribution in [1.82, 2.24) is 5.32 Å². The number of aliphatic hydroxyl groups is 1. The smallest absolute Gasteiger partial charge is 0.252 e. The molecule has 0 unspecified atom stereocenters. The number of azide groups is 1. The van der Waals surface area contributed by atoms with E-state index in [0.717, 1.165) is 5.56 Å². The summed E-state index contributed by atoms with van der Waals surface area (Å²) in [5, 5.41) is 15.4. The third kappa shape index (κ3) is 6.54. The molecular formula is C29H30FN5O4. The first kappa shape index (κ1) is 27.6. The summed E-state index contributed by atoms with van der Waals surface area (Å²) >= 11 is 0. The molecule has 2 N–H and O–H groups in total. The van der Waals surface area contributed by atoms with Crippen LogP contribution >= 0.6 is 0 Å². The van der Waals surface area contributed by atoms with E-state index in [1.807, 2.05) is 54.6 Å². The molecule has 0 aliphatic carbocycles. The highest BCUT2D eigenvalue weighted by Crippen LogP contribution is 2.43. The van der Waals surface area contributed by atoms with Crippen LogP contribution in [0.25, 0.3) is 10.4 Å². The molecule has 3 aromatic carbocycles. The molecule has 1 aliphatic rings. The van der Waals surface area contributed by atoms with E-state index in [4.69, 9.17) is 25.1 Å². The van der Waals surface area contributed by atoms with Gasteiger partial charge < -0.3 is 19.9 Å². The number of alkyl halides is 1. The highest BCUT2D eigenvalue weighted by molar-refractivity contribution is 6.01. The summed E-state index contributed by atoms with van der Waals surface area (Å²) in [6.45, 7) is -0.394. The summed E-state index contributed by atoms with van der Waals surface area (Å²) in [7, 11) is 0. The van der Waals surface area contributed by atoms with Crippen LogP contribution in [0.4, 0.5) is 4.39 Å². The van der Waals surface area contributed by atoms with E-state index in [-0.39, 0.29) is 32.0 Å². The maximum atomic E-state index is 13.8. The first-order chi connectivity index (χ1) is 19.1. The SMILES string of the molecule is [N-]=[N+]=NCc1ccccc1[C@H]1OC(c2ccc(OCCCO)cc2)=N[C@@]1(Cc1ccccc1)C(=O)NCCF. The fourth-order valence-electron chi connectivity index (χ4n) is 4.52. The van der Waals surface area contributed by atoms with Crippen LogP contribution in [-0.4, -0.2) is 48.9 Å². The number of halogens is 1. The Labute approximate surface area is 225 Å². The van der Waals surface area contributed by atoms with Crippen molar-refractivity contribution in [3.8, 4) is 5.75 Å². The molecule has 1 amide bonds. The second-order valence-corrected chi connectivity index (χ2v) is 8.98. The molecule has 1 aliphatic heterocycles. The zero-order valence-corrected chi connectivity index (χ0v) is 21.4. The molecule has 0 radical (unpaired) electrons. The van der Waals surface area contributed by atoms with E-state index in [9.17, 15) is 9.18 Å². The van der Waals surface area contributed by atoms with Crippen molar-refractivity contribution in [3.63, 3.8) is 0 Å². The highest BCUT2D eigenvalue weighted by Gasteiger charge is 2.53. The molecule has 2 atom stereocenters. The third-order valence-corrected chi connectivity index (χ3v) is 6.37. The Kier molecular flexibility index (Phi) is 9.50. The van der Waals surface area contributed by atoms with Gasteiger partial charge in [0, 0.05) is 36.5 Å². The van der Waals surface area contributed by atoms with Crippen molar-refractivity contribution in [2.45, 2.75) is 31.0 Å². The zero-order valence-electron chi connectivity index (χ0n) is 21.4. The van der Waals surface area contributed by atoms with Gasteiger partial charge in [-0.1, -0.05) is 59.7 Å². The Morgan fingerprint density at radius 1 is 1.13 bits per heavy atom. The van der Waals surface area contributed by atoms with Crippen molar-refractivity contribution in [2.24, 2.45) is 10.1 Å². The molecule has 0 bridgehead atoms. The molecule has 202 valence electrons. The van der Waals surface area contributed by atoms with Crippen molar-refractivity contribution in [2.75, 3.05) is 26.4 Å². The first-order valence-corrected chi connectivity index (χ1v) is 12.7. The van der Waals surface area contributed by atoms with E-state index >= 15 is 0 Å². The number of amides is 1. The summed E-state index contributed by atoms with van der Waals surface area (Å²) in [6.07, 6.45) is -0.166. The number of ether oxygens (including phenoxy) is 2. The summed E-state index contributed by atoms with van der Waals surface area (Å²) in [5.41, 5.74) is 10.3. The Balaban J connectivity index is 1.80. The average molecular weight is 532 g/mol. The predicted octanol–water partition coefficient (Wildman–Crippen LogP) is 4.84. The number of nitrogens with zero attached hydrogens (tertiary/aromatic N) is 4. The Bertz CT molecular complexity index is 1330. The van der Waals surface area contributed by atoms with Gasteiger partial charge in [-0.15, -0.1) is 0 Å². The molecule has 1 heterocycles. The normalized spacial score (nSPS) is 18.0. The Hall–Kier alpha value is -4.40. The molecule has 3 aromatic rings. The van der Waals surface area contributed by atoms with E-state index in [2.05, 4.69) is 15.3 Å². The van der Waals surface area contributed by atoms with Crippen LogP contribution in [0.3, 0.4) is 0 Å². The highest BCUT2D eigenvalue weighted by atomic mass is 19.1. The van der Waals surface area contributed by atoms with Crippen molar-refractivity contribution in [1.29, 1.82) is 0 Å². The molecule has 39 heavy (non-hydrogen) atoms. The topological polar surface area (TPSA) is 129 Å². The summed E-state index contributed by atoms with van der Waals surface area (Å²) in [4.78, 5) is 21.6. The maximum Gasteiger partial charge on any atom is 0.252 e. The first-order valence-electron chi connectivity index (χ1n) is 12.7. The summed E-state index contributed by atoms with van der Waals surface area (Å²) in [5.74, 6) is 0.414. The molecule has 9 nitrogen and oxygen atoms in total. The lowest BCUT2D eigenvalue weighted by molar-refractivity contribution is -0.129. The van der Waals surface area contributed by atoms with E-state index in [1.54, 1.807) is 24.3 Å². The minimum absolute atomic E-state index is 0.0409. The lowest BCUT2D eigenvalue weighted by atomic mass is 9.80. The van der Waals surface area contributed by atoms with Crippen LogP contribution in [0.5, 0.6) is 5.75 Å². The van der Waals surface area contributed by atoms with Crippen molar-refractivity contribution in [3.05, 3.63) is 112 Å².